The predicted molar refractivity (Wildman–Crippen MR) is 141 cm³/mol. The molecular weight excluding hydrogens is 458 g/mol. The van der Waals surface area contributed by atoms with Crippen LogP contribution in [0.3, 0.4) is 0 Å². The smallest absolute Gasteiger partial charge is 0.248 e. The second-order valence-electron chi connectivity index (χ2n) is 9.30. The third kappa shape index (κ3) is 13.8. The summed E-state index contributed by atoms with van der Waals surface area (Å²) in [6, 6.07) is 7.65. The van der Waals surface area contributed by atoms with Crippen molar-refractivity contribution in [2.75, 3.05) is 33.9 Å². The van der Waals surface area contributed by atoms with Crippen LogP contribution in [0.15, 0.2) is 36.0 Å². The number of hydrogen-bond donors (Lipinski definition) is 2. The summed E-state index contributed by atoms with van der Waals surface area (Å²) >= 11 is 0. The minimum atomic E-state index is -0.133. The molecule has 0 aliphatic heterocycles. The Hall–Kier alpha value is -3.00. The Kier molecular flexibility index (Phi) is 15.0. The van der Waals surface area contributed by atoms with Crippen molar-refractivity contribution in [2.24, 2.45) is 5.92 Å². The SMILES string of the molecule is CN/C(C)=C\C(=O)Cc1ccc(CN(C)C(=O)COCCCC(=O)NCCCCC(C)C(C)=O)cc1. The molecule has 8 nitrogen and oxygen atoms in total. The molecule has 0 aromatic heterocycles. The van der Waals surface area contributed by atoms with Gasteiger partial charge >= 0.3 is 0 Å². The zero-order chi connectivity index (χ0) is 26.9. The molecule has 2 amide bonds. The molecule has 0 saturated heterocycles. The first-order chi connectivity index (χ1) is 17.1. The molecule has 1 rings (SSSR count). The van der Waals surface area contributed by atoms with Gasteiger partial charge in [0.1, 0.15) is 12.4 Å². The van der Waals surface area contributed by atoms with Crippen molar-refractivity contribution < 1.29 is 23.9 Å². The third-order valence-corrected chi connectivity index (χ3v) is 6.02. The largest absolute Gasteiger partial charge is 0.392 e. The number of Topliss-reactive ketones (excluding diaryl/α,β-unsaturated/α-hetero) is 1. The van der Waals surface area contributed by atoms with E-state index in [9.17, 15) is 19.2 Å². The Balaban J connectivity index is 2.19. The van der Waals surface area contributed by atoms with E-state index in [2.05, 4.69) is 10.6 Å². The number of benzene rings is 1. The maximum absolute atomic E-state index is 12.3. The van der Waals surface area contributed by atoms with Gasteiger partial charge in [-0.3, -0.25) is 19.2 Å². The van der Waals surface area contributed by atoms with E-state index in [0.717, 1.165) is 36.1 Å². The lowest BCUT2D eigenvalue weighted by Crippen LogP contribution is -2.30. The molecule has 0 radical (unpaired) electrons. The number of nitrogens with one attached hydrogen (secondary N) is 2. The lowest BCUT2D eigenvalue weighted by molar-refractivity contribution is -0.135. The van der Waals surface area contributed by atoms with Gasteiger partial charge in [-0.15, -0.1) is 0 Å². The number of unbranched alkanes of at least 4 members (excludes halogenated alkanes) is 1. The molecule has 200 valence electrons. The highest BCUT2D eigenvalue weighted by atomic mass is 16.5. The third-order valence-electron chi connectivity index (χ3n) is 6.02. The van der Waals surface area contributed by atoms with Gasteiger partial charge in [-0.05, 0) is 44.2 Å². The number of allylic oxidation sites excluding steroid dienone is 2. The van der Waals surface area contributed by atoms with E-state index >= 15 is 0 Å². The van der Waals surface area contributed by atoms with Crippen LogP contribution >= 0.6 is 0 Å². The average molecular weight is 502 g/mol. The van der Waals surface area contributed by atoms with Gasteiger partial charge in [0.05, 0.1) is 0 Å². The molecule has 0 fully saturated rings. The standard InChI is InChI=1S/C28H43N3O5/c1-21(23(3)32)9-6-7-15-30-27(34)10-8-16-36-20-28(35)31(5)19-25-13-11-24(12-14-25)18-26(33)17-22(2)29-4/h11-14,17,21,29H,6-10,15-16,18-20H2,1-5H3,(H,30,34)/b22-17-. The molecule has 0 heterocycles. The fourth-order valence-corrected chi connectivity index (χ4v) is 3.39. The second kappa shape index (κ2) is 17.4. The van der Waals surface area contributed by atoms with E-state index in [4.69, 9.17) is 4.74 Å². The summed E-state index contributed by atoms with van der Waals surface area (Å²) in [4.78, 5) is 49.0. The molecule has 1 aromatic rings. The van der Waals surface area contributed by atoms with Gasteiger partial charge in [0.15, 0.2) is 5.78 Å². The van der Waals surface area contributed by atoms with Crippen LogP contribution in [0.4, 0.5) is 0 Å². The summed E-state index contributed by atoms with van der Waals surface area (Å²) in [6.07, 6.45) is 5.45. The molecule has 0 saturated carbocycles. The van der Waals surface area contributed by atoms with Crippen LogP contribution < -0.4 is 10.6 Å². The number of likely N-dealkylation sites (N-methyl/N-ethyl adjacent to an activating group) is 1. The first-order valence-electron chi connectivity index (χ1n) is 12.7. The van der Waals surface area contributed by atoms with Gasteiger partial charge < -0.3 is 20.3 Å². The van der Waals surface area contributed by atoms with E-state index in [1.165, 1.54) is 0 Å². The van der Waals surface area contributed by atoms with Crippen LogP contribution in [0.5, 0.6) is 0 Å². The molecule has 0 aliphatic carbocycles. The van der Waals surface area contributed by atoms with Gasteiger partial charge in [0.2, 0.25) is 11.8 Å². The fraction of sp³-hybridized carbons (Fsp3) is 0.571. The van der Waals surface area contributed by atoms with E-state index in [1.807, 2.05) is 38.1 Å². The van der Waals surface area contributed by atoms with E-state index in [-0.39, 0.29) is 35.9 Å². The Morgan fingerprint density at radius 1 is 1.03 bits per heavy atom. The molecule has 1 atom stereocenters. The highest BCUT2D eigenvalue weighted by Gasteiger charge is 2.11. The number of carbonyl (C=O) groups excluding carboxylic acids is 4. The first-order valence-corrected chi connectivity index (χ1v) is 12.7. The van der Waals surface area contributed by atoms with Crippen molar-refractivity contribution in [1.82, 2.24) is 15.5 Å². The molecule has 2 N–H and O–H groups in total. The Morgan fingerprint density at radius 3 is 2.33 bits per heavy atom. The van der Waals surface area contributed by atoms with Crippen LogP contribution in [0.1, 0.15) is 64.0 Å². The number of hydrogen-bond acceptors (Lipinski definition) is 6. The average Bonchev–Trinajstić information content (AvgIpc) is 2.84. The Bertz CT molecular complexity index is 880. The summed E-state index contributed by atoms with van der Waals surface area (Å²) in [5.74, 6) is 0.159. The molecule has 36 heavy (non-hydrogen) atoms. The van der Waals surface area contributed by atoms with Crippen LogP contribution in [-0.4, -0.2) is 62.1 Å². The van der Waals surface area contributed by atoms with Crippen LogP contribution in [-0.2, 0) is 36.9 Å². The fourth-order valence-electron chi connectivity index (χ4n) is 3.39. The van der Waals surface area contributed by atoms with Crippen molar-refractivity contribution in [3.63, 3.8) is 0 Å². The van der Waals surface area contributed by atoms with Crippen molar-refractivity contribution in [3.8, 4) is 0 Å². The lowest BCUT2D eigenvalue weighted by Gasteiger charge is -2.17. The van der Waals surface area contributed by atoms with Crippen molar-refractivity contribution in [2.45, 2.75) is 65.8 Å². The topological polar surface area (TPSA) is 105 Å². The van der Waals surface area contributed by atoms with Gasteiger partial charge in [-0.1, -0.05) is 37.6 Å². The zero-order valence-electron chi connectivity index (χ0n) is 22.5. The number of amides is 2. The van der Waals surface area contributed by atoms with Crippen LogP contribution in [0, 0.1) is 5.92 Å². The monoisotopic (exact) mass is 501 g/mol. The van der Waals surface area contributed by atoms with Gasteiger partial charge in [0.25, 0.3) is 0 Å². The summed E-state index contributed by atoms with van der Waals surface area (Å²) in [6.45, 7) is 6.75. The van der Waals surface area contributed by atoms with E-state index in [0.29, 0.717) is 39.0 Å². The molecule has 0 bridgehead atoms. The van der Waals surface area contributed by atoms with Crippen LogP contribution in [0.2, 0.25) is 0 Å². The first kappa shape index (κ1) is 31.0. The van der Waals surface area contributed by atoms with Crippen LogP contribution in [0.25, 0.3) is 0 Å². The molecule has 8 heteroatoms. The second-order valence-corrected chi connectivity index (χ2v) is 9.30. The quantitative estimate of drug-likeness (QED) is 0.236. The summed E-state index contributed by atoms with van der Waals surface area (Å²) < 4.78 is 5.45. The summed E-state index contributed by atoms with van der Waals surface area (Å²) in [5, 5.41) is 5.81. The highest BCUT2D eigenvalue weighted by Crippen LogP contribution is 2.10. The normalized spacial score (nSPS) is 12.1. The van der Waals surface area contributed by atoms with Crippen molar-refractivity contribution in [3.05, 3.63) is 47.2 Å². The summed E-state index contributed by atoms with van der Waals surface area (Å²) in [5.41, 5.74) is 2.72. The molecule has 0 aliphatic rings. The van der Waals surface area contributed by atoms with Gasteiger partial charge in [0, 0.05) is 64.3 Å². The number of nitrogens with zero attached hydrogens (tertiary/aromatic N) is 1. The minimum absolute atomic E-state index is 0.0278. The minimum Gasteiger partial charge on any atom is -0.392 e. The number of carbonyl (C=O) groups is 4. The molecule has 1 aromatic carbocycles. The predicted octanol–water partition coefficient (Wildman–Crippen LogP) is 3.19. The number of ketones is 2. The maximum atomic E-state index is 12.3. The van der Waals surface area contributed by atoms with Crippen molar-refractivity contribution >= 4 is 23.4 Å². The van der Waals surface area contributed by atoms with Gasteiger partial charge in [-0.2, -0.15) is 0 Å². The highest BCUT2D eigenvalue weighted by molar-refractivity contribution is 5.91. The maximum Gasteiger partial charge on any atom is 0.248 e. The van der Waals surface area contributed by atoms with Gasteiger partial charge in [-0.25, -0.2) is 0 Å². The number of rotatable bonds is 18. The molecular formula is C28H43N3O5. The lowest BCUT2D eigenvalue weighted by atomic mass is 10.0. The Labute approximate surface area is 215 Å². The van der Waals surface area contributed by atoms with Crippen molar-refractivity contribution in [1.29, 1.82) is 0 Å². The number of ether oxygens (including phenoxy) is 1. The molecule has 0 spiro atoms. The molecule has 1 unspecified atom stereocenters. The summed E-state index contributed by atoms with van der Waals surface area (Å²) in [7, 11) is 3.50. The Morgan fingerprint density at radius 2 is 1.69 bits per heavy atom. The zero-order valence-corrected chi connectivity index (χ0v) is 22.5. The van der Waals surface area contributed by atoms with E-state index in [1.54, 1.807) is 32.0 Å². The van der Waals surface area contributed by atoms with E-state index < -0.39 is 0 Å².